The van der Waals surface area contributed by atoms with Crippen molar-refractivity contribution in [2.24, 2.45) is 0 Å². The summed E-state index contributed by atoms with van der Waals surface area (Å²) in [6.45, 7) is 1.27. The molecule has 0 bridgehead atoms. The van der Waals surface area contributed by atoms with Crippen molar-refractivity contribution >= 4 is 34.3 Å². The predicted molar refractivity (Wildman–Crippen MR) is 115 cm³/mol. The number of rotatable bonds is 5. The topological polar surface area (TPSA) is 65.2 Å². The van der Waals surface area contributed by atoms with Crippen LogP contribution in [-0.2, 0) is 11.2 Å². The number of aryl methyl sites for hydroxylation is 1. The molecular weight excluding hydrogens is 386 g/mol. The van der Waals surface area contributed by atoms with Gasteiger partial charge in [-0.15, -0.1) is 0 Å². The molecule has 29 heavy (non-hydrogen) atoms. The number of benzene rings is 2. The lowest BCUT2D eigenvalue weighted by molar-refractivity contribution is -0.122. The second-order valence-electron chi connectivity index (χ2n) is 7.53. The zero-order chi connectivity index (χ0) is 20.2. The van der Waals surface area contributed by atoms with E-state index in [1.165, 1.54) is 5.56 Å². The average molecular weight is 410 g/mol. The third kappa shape index (κ3) is 4.80. The Bertz CT molecular complexity index is 1010. The van der Waals surface area contributed by atoms with Crippen LogP contribution < -0.4 is 5.32 Å². The van der Waals surface area contributed by atoms with Crippen LogP contribution in [0.3, 0.4) is 0 Å². The van der Waals surface area contributed by atoms with Gasteiger partial charge in [0.15, 0.2) is 0 Å². The van der Waals surface area contributed by atoms with Crippen LogP contribution in [0.25, 0.3) is 10.9 Å². The average Bonchev–Trinajstić information content (AvgIpc) is 3.16. The molecule has 3 aromatic rings. The van der Waals surface area contributed by atoms with Gasteiger partial charge in [0.05, 0.1) is 0 Å². The van der Waals surface area contributed by atoms with Crippen molar-refractivity contribution in [1.29, 1.82) is 0 Å². The first kappa shape index (κ1) is 19.5. The number of carbonyl (C=O) groups excluding carboxylic acids is 2. The molecule has 2 N–H and O–H groups in total. The Morgan fingerprint density at radius 3 is 2.59 bits per heavy atom. The fourth-order valence-corrected chi connectivity index (χ4v) is 4.00. The summed E-state index contributed by atoms with van der Waals surface area (Å²) in [5.41, 5.74) is 2.65. The lowest BCUT2D eigenvalue weighted by Crippen LogP contribution is -2.46. The lowest BCUT2D eigenvalue weighted by atomic mass is 10.0. The summed E-state index contributed by atoms with van der Waals surface area (Å²) < 4.78 is 0. The molecule has 0 unspecified atom stereocenters. The van der Waals surface area contributed by atoms with Crippen molar-refractivity contribution < 1.29 is 9.59 Å². The molecule has 0 aliphatic carbocycles. The minimum absolute atomic E-state index is 0.00817. The van der Waals surface area contributed by atoms with Gasteiger partial charge in [0.1, 0.15) is 5.69 Å². The van der Waals surface area contributed by atoms with E-state index in [9.17, 15) is 9.59 Å². The summed E-state index contributed by atoms with van der Waals surface area (Å²) in [5.74, 6) is 0.0669. The van der Waals surface area contributed by atoms with Crippen molar-refractivity contribution in [3.8, 4) is 0 Å². The van der Waals surface area contributed by atoms with Crippen molar-refractivity contribution in [1.82, 2.24) is 15.2 Å². The molecule has 6 heteroatoms. The number of halogens is 1. The fourth-order valence-electron chi connectivity index (χ4n) is 3.82. The Hall–Kier alpha value is -2.79. The number of fused-ring (bicyclic) bond motifs is 1. The monoisotopic (exact) mass is 409 g/mol. The molecule has 2 aromatic carbocycles. The summed E-state index contributed by atoms with van der Waals surface area (Å²) in [5, 5.41) is 4.70. The van der Waals surface area contributed by atoms with Gasteiger partial charge in [0.2, 0.25) is 5.91 Å². The third-order valence-corrected chi connectivity index (χ3v) is 5.68. The van der Waals surface area contributed by atoms with E-state index < -0.39 is 0 Å². The van der Waals surface area contributed by atoms with E-state index in [-0.39, 0.29) is 17.9 Å². The predicted octanol–water partition coefficient (Wildman–Crippen LogP) is 4.17. The van der Waals surface area contributed by atoms with Gasteiger partial charge < -0.3 is 15.2 Å². The largest absolute Gasteiger partial charge is 0.353 e. The summed E-state index contributed by atoms with van der Waals surface area (Å²) in [6.07, 6.45) is 2.78. The number of piperidine rings is 1. The van der Waals surface area contributed by atoms with Crippen molar-refractivity contribution in [3.63, 3.8) is 0 Å². The third-order valence-electron chi connectivity index (χ3n) is 5.44. The molecule has 5 nitrogen and oxygen atoms in total. The number of carbonyl (C=O) groups is 2. The number of aromatic amines is 1. The highest BCUT2D eigenvalue weighted by molar-refractivity contribution is 6.31. The van der Waals surface area contributed by atoms with Gasteiger partial charge in [0.25, 0.3) is 5.91 Å². The number of amides is 2. The number of aromatic nitrogens is 1. The molecule has 0 atom stereocenters. The van der Waals surface area contributed by atoms with Crippen molar-refractivity contribution in [2.75, 3.05) is 13.1 Å². The maximum atomic E-state index is 12.8. The first-order valence-corrected chi connectivity index (χ1v) is 10.4. The molecule has 1 fully saturated rings. The standard InChI is InChI=1S/C23H24ClN3O2/c24-18-7-8-20-17(14-18)15-21(26-20)23(29)27-12-10-19(11-13-27)25-22(28)9-6-16-4-2-1-3-5-16/h1-5,7-8,14-15,19,26H,6,9-13H2,(H,25,28). The van der Waals surface area contributed by atoms with Crippen LogP contribution in [0.5, 0.6) is 0 Å². The number of nitrogens with zero attached hydrogens (tertiary/aromatic N) is 1. The highest BCUT2D eigenvalue weighted by Crippen LogP contribution is 2.22. The van der Waals surface area contributed by atoms with Crippen LogP contribution in [0, 0.1) is 0 Å². The van der Waals surface area contributed by atoms with Gasteiger partial charge in [-0.3, -0.25) is 9.59 Å². The van der Waals surface area contributed by atoms with Crippen LogP contribution in [0.1, 0.15) is 35.3 Å². The Morgan fingerprint density at radius 2 is 1.83 bits per heavy atom. The highest BCUT2D eigenvalue weighted by atomic mass is 35.5. The van der Waals surface area contributed by atoms with Crippen LogP contribution in [0.2, 0.25) is 5.02 Å². The molecule has 0 radical (unpaired) electrons. The van der Waals surface area contributed by atoms with E-state index in [4.69, 9.17) is 11.6 Å². The van der Waals surface area contributed by atoms with Crippen molar-refractivity contribution in [2.45, 2.75) is 31.7 Å². The summed E-state index contributed by atoms with van der Waals surface area (Å²) in [6, 6.07) is 17.5. The Kier molecular flexibility index (Phi) is 5.86. The Labute approximate surface area is 175 Å². The summed E-state index contributed by atoms with van der Waals surface area (Å²) in [7, 11) is 0. The fraction of sp³-hybridized carbons (Fsp3) is 0.304. The van der Waals surface area contributed by atoms with E-state index in [2.05, 4.69) is 10.3 Å². The molecule has 1 aliphatic heterocycles. The Balaban J connectivity index is 1.27. The normalized spacial score (nSPS) is 14.9. The van der Waals surface area contributed by atoms with Gasteiger partial charge in [0, 0.05) is 41.5 Å². The van der Waals surface area contributed by atoms with E-state index in [1.807, 2.05) is 53.4 Å². The van der Waals surface area contributed by atoms with E-state index in [0.717, 1.165) is 30.2 Å². The van der Waals surface area contributed by atoms with Crippen LogP contribution >= 0.6 is 11.6 Å². The maximum Gasteiger partial charge on any atom is 0.270 e. The Morgan fingerprint density at radius 1 is 1.07 bits per heavy atom. The second-order valence-corrected chi connectivity index (χ2v) is 7.97. The smallest absolute Gasteiger partial charge is 0.270 e. The summed E-state index contributed by atoms with van der Waals surface area (Å²) in [4.78, 5) is 30.1. The number of H-pyrrole nitrogens is 1. The number of hydrogen-bond acceptors (Lipinski definition) is 2. The molecular formula is C23H24ClN3O2. The zero-order valence-corrected chi connectivity index (χ0v) is 16.9. The van der Waals surface area contributed by atoms with Gasteiger partial charge in [-0.1, -0.05) is 41.9 Å². The highest BCUT2D eigenvalue weighted by Gasteiger charge is 2.25. The molecule has 1 aliphatic rings. The molecule has 0 spiro atoms. The minimum atomic E-state index is -0.00817. The van der Waals surface area contributed by atoms with Gasteiger partial charge in [-0.2, -0.15) is 0 Å². The lowest BCUT2D eigenvalue weighted by Gasteiger charge is -2.32. The van der Waals surface area contributed by atoms with E-state index in [0.29, 0.717) is 30.2 Å². The minimum Gasteiger partial charge on any atom is -0.353 e. The van der Waals surface area contributed by atoms with Gasteiger partial charge >= 0.3 is 0 Å². The molecule has 4 rings (SSSR count). The van der Waals surface area contributed by atoms with Gasteiger partial charge in [-0.25, -0.2) is 0 Å². The number of likely N-dealkylation sites (tertiary alicyclic amines) is 1. The van der Waals surface area contributed by atoms with Crippen LogP contribution in [0.4, 0.5) is 0 Å². The molecule has 2 heterocycles. The molecule has 1 saturated heterocycles. The second kappa shape index (κ2) is 8.70. The molecule has 0 saturated carbocycles. The number of hydrogen-bond donors (Lipinski definition) is 2. The first-order chi connectivity index (χ1) is 14.1. The molecule has 1 aromatic heterocycles. The van der Waals surface area contributed by atoms with Crippen LogP contribution in [0.15, 0.2) is 54.6 Å². The zero-order valence-electron chi connectivity index (χ0n) is 16.2. The summed E-state index contributed by atoms with van der Waals surface area (Å²) >= 11 is 6.03. The number of nitrogens with one attached hydrogen (secondary N) is 2. The van der Waals surface area contributed by atoms with E-state index in [1.54, 1.807) is 6.07 Å². The van der Waals surface area contributed by atoms with Crippen LogP contribution in [-0.4, -0.2) is 40.8 Å². The first-order valence-electron chi connectivity index (χ1n) is 9.99. The SMILES string of the molecule is O=C(CCc1ccccc1)NC1CCN(C(=O)c2cc3cc(Cl)ccc3[nH]2)CC1. The quantitative estimate of drug-likeness (QED) is 0.664. The molecule has 150 valence electrons. The maximum absolute atomic E-state index is 12.8. The van der Waals surface area contributed by atoms with E-state index >= 15 is 0 Å². The molecule has 2 amide bonds. The van der Waals surface area contributed by atoms with Crippen molar-refractivity contribution in [3.05, 3.63) is 70.9 Å². The van der Waals surface area contributed by atoms with Gasteiger partial charge in [-0.05, 0) is 49.1 Å².